The van der Waals surface area contributed by atoms with Crippen molar-refractivity contribution >= 4 is 49.9 Å². The summed E-state index contributed by atoms with van der Waals surface area (Å²) in [7, 11) is 3.18. The van der Waals surface area contributed by atoms with Gasteiger partial charge in [-0.1, -0.05) is 24.3 Å². The molecule has 0 fully saturated rings. The molecule has 6 aromatic rings. The monoisotopic (exact) mass is 726 g/mol. The normalized spacial score (nSPS) is 10.7. The molecule has 0 saturated carbocycles. The van der Waals surface area contributed by atoms with Crippen molar-refractivity contribution in [1.82, 2.24) is 39.0 Å². The second-order valence-corrected chi connectivity index (χ2v) is 11.0. The molecule has 0 saturated heterocycles. The predicted molar refractivity (Wildman–Crippen MR) is 182 cm³/mol. The number of methoxy groups -OCH3 is 2. The molecule has 0 radical (unpaired) electrons. The van der Waals surface area contributed by atoms with Crippen molar-refractivity contribution in [3.8, 4) is 24.2 Å². The number of halogens is 1. The molecule has 0 bridgehead atoms. The molecule has 6 rings (SSSR count). The number of nitrogen functional groups attached to an aromatic ring is 2. The first kappa shape index (κ1) is 34.5. The fourth-order valence-corrected chi connectivity index (χ4v) is 4.96. The van der Waals surface area contributed by atoms with Gasteiger partial charge < -0.3 is 35.0 Å². The Morgan fingerprint density at radius 1 is 0.673 bits per heavy atom. The van der Waals surface area contributed by atoms with E-state index in [1.807, 2.05) is 33.4 Å². The maximum absolute atomic E-state index is 8.89. The molecule has 17 heteroatoms. The maximum Gasteiger partial charge on any atom is 0.320 e. The predicted octanol–water partition coefficient (Wildman–Crippen LogP) is 3.47. The largest absolute Gasteiger partial charge is 0.461 e. The first-order chi connectivity index (χ1) is 23.8. The molecule has 2 aromatic carbocycles. The molecule has 0 amide bonds. The lowest BCUT2D eigenvalue weighted by Crippen LogP contribution is -2.09. The van der Waals surface area contributed by atoms with Gasteiger partial charge in [-0.05, 0) is 51.3 Å². The van der Waals surface area contributed by atoms with Crippen LogP contribution in [-0.4, -0.2) is 79.7 Å². The highest BCUT2D eigenvalue weighted by molar-refractivity contribution is 9.10. The average molecular weight is 728 g/mol. The number of nitrogens with zero attached hydrogens (tertiary/aromatic N) is 10. The summed E-state index contributed by atoms with van der Waals surface area (Å²) < 4.78 is 25.1. The van der Waals surface area contributed by atoms with Gasteiger partial charge in [0.2, 0.25) is 0 Å². The van der Waals surface area contributed by atoms with Crippen molar-refractivity contribution in [2.75, 3.05) is 52.1 Å². The minimum absolute atomic E-state index is 0.176. The average Bonchev–Trinajstić information content (AvgIpc) is 3.66. The highest BCUT2D eigenvalue weighted by Crippen LogP contribution is 2.26. The third-order valence-electron chi connectivity index (χ3n) is 6.92. The van der Waals surface area contributed by atoms with Gasteiger partial charge in [-0.3, -0.25) is 4.57 Å². The molecule has 0 spiro atoms. The van der Waals surface area contributed by atoms with E-state index in [4.69, 9.17) is 40.9 Å². The standard InChI is InChI=1S/C16H15BrN6O2.C16H16N6O2/c1-24-6-7-25-16-21-13(19)12-14(22-16)23(15(17)20-12)9-11-4-2-10(8-18)3-5-11;1-23-6-7-24-16-20-14(18)13-15(21-16)22(10-19-13)9-12-4-2-11(8-17)3-5-12/h2-5H,6-7,9H2,1H3,(H2,19,21,22);2-5,10H,6-7,9H2,1H3,(H2,18,20,21). The van der Waals surface area contributed by atoms with E-state index < -0.39 is 0 Å². The van der Waals surface area contributed by atoms with Gasteiger partial charge in [-0.2, -0.15) is 30.5 Å². The summed E-state index contributed by atoms with van der Waals surface area (Å²) in [6.45, 7) is 2.59. The zero-order valence-corrected chi connectivity index (χ0v) is 28.2. The van der Waals surface area contributed by atoms with Crippen molar-refractivity contribution in [2.24, 2.45) is 0 Å². The summed E-state index contributed by atoms with van der Waals surface area (Å²) in [5.74, 6) is 0.516. The van der Waals surface area contributed by atoms with Crippen LogP contribution in [0.5, 0.6) is 12.0 Å². The quantitative estimate of drug-likeness (QED) is 0.136. The van der Waals surface area contributed by atoms with Gasteiger partial charge in [-0.25, -0.2) is 9.97 Å². The molecule has 0 aliphatic carbocycles. The number of rotatable bonds is 12. The van der Waals surface area contributed by atoms with E-state index >= 15 is 0 Å². The third kappa shape index (κ3) is 8.54. The first-order valence-corrected chi connectivity index (χ1v) is 15.5. The van der Waals surface area contributed by atoms with Crippen molar-refractivity contribution < 1.29 is 18.9 Å². The van der Waals surface area contributed by atoms with Crippen molar-refractivity contribution in [3.63, 3.8) is 0 Å². The Bertz CT molecular complexity index is 2120. The lowest BCUT2D eigenvalue weighted by atomic mass is 10.1. The SMILES string of the molecule is COCCOc1nc(N)c2nc(Br)n(Cc3ccc(C#N)cc3)c2n1.COCCOc1nc(N)c2ncn(Cc3ccc(C#N)cc3)c2n1. The fraction of sp³-hybridized carbons (Fsp3) is 0.250. The molecule has 4 N–H and O–H groups in total. The summed E-state index contributed by atoms with van der Waals surface area (Å²) in [6.07, 6.45) is 1.66. The molecule has 16 nitrogen and oxygen atoms in total. The summed E-state index contributed by atoms with van der Waals surface area (Å²) in [4.78, 5) is 25.6. The van der Waals surface area contributed by atoms with Crippen LogP contribution in [0.4, 0.5) is 11.6 Å². The number of benzene rings is 2. The van der Waals surface area contributed by atoms with Crippen molar-refractivity contribution in [1.29, 1.82) is 10.5 Å². The zero-order valence-electron chi connectivity index (χ0n) is 26.6. The maximum atomic E-state index is 8.89. The number of hydrogen-bond acceptors (Lipinski definition) is 14. The van der Waals surface area contributed by atoms with Crippen LogP contribution in [0.3, 0.4) is 0 Å². The van der Waals surface area contributed by atoms with E-state index in [2.05, 4.69) is 58.0 Å². The number of nitriles is 2. The second-order valence-electron chi connectivity index (χ2n) is 10.3. The van der Waals surface area contributed by atoms with E-state index in [9.17, 15) is 0 Å². The van der Waals surface area contributed by atoms with Crippen LogP contribution in [0.2, 0.25) is 0 Å². The summed E-state index contributed by atoms with van der Waals surface area (Å²) in [5, 5.41) is 17.8. The number of anilines is 2. The van der Waals surface area contributed by atoms with Crippen LogP contribution in [0.1, 0.15) is 22.3 Å². The Morgan fingerprint density at radius 3 is 1.71 bits per heavy atom. The Kier molecular flexibility index (Phi) is 11.5. The van der Waals surface area contributed by atoms with Gasteiger partial charge >= 0.3 is 12.0 Å². The van der Waals surface area contributed by atoms with Crippen molar-refractivity contribution in [3.05, 3.63) is 81.8 Å². The fourth-order valence-electron chi connectivity index (χ4n) is 4.49. The van der Waals surface area contributed by atoms with Gasteiger partial charge in [0.15, 0.2) is 38.7 Å². The number of aromatic nitrogens is 8. The number of nitrogens with two attached hydrogens (primary N) is 2. The van der Waals surface area contributed by atoms with Crippen LogP contribution in [0.25, 0.3) is 22.3 Å². The van der Waals surface area contributed by atoms with Crippen LogP contribution >= 0.6 is 15.9 Å². The Balaban J connectivity index is 0.000000191. The minimum Gasteiger partial charge on any atom is -0.461 e. The zero-order chi connectivity index (χ0) is 34.8. The Labute approximate surface area is 289 Å². The number of imidazole rings is 2. The van der Waals surface area contributed by atoms with Gasteiger partial charge in [0.25, 0.3) is 0 Å². The summed E-state index contributed by atoms with van der Waals surface area (Å²) in [5.41, 5.74) is 17.4. The molecule has 0 atom stereocenters. The molecule has 49 heavy (non-hydrogen) atoms. The lowest BCUT2D eigenvalue weighted by Gasteiger charge is -2.08. The van der Waals surface area contributed by atoms with E-state index in [0.29, 0.717) is 77.7 Å². The van der Waals surface area contributed by atoms with Crippen LogP contribution in [-0.2, 0) is 22.6 Å². The van der Waals surface area contributed by atoms with Gasteiger partial charge in [-0.15, -0.1) is 0 Å². The molecule has 0 unspecified atom stereocenters. The molecule has 4 aromatic heterocycles. The summed E-state index contributed by atoms with van der Waals surface area (Å²) >= 11 is 3.43. The van der Waals surface area contributed by atoms with Crippen LogP contribution in [0.15, 0.2) is 59.6 Å². The topological polar surface area (TPSA) is 224 Å². The number of hydrogen-bond donors (Lipinski definition) is 2. The third-order valence-corrected chi connectivity index (χ3v) is 7.53. The van der Waals surface area contributed by atoms with Gasteiger partial charge in [0.05, 0.1) is 55.9 Å². The van der Waals surface area contributed by atoms with Gasteiger partial charge in [0.1, 0.15) is 13.2 Å². The smallest absolute Gasteiger partial charge is 0.320 e. The molecular formula is C32H31BrN12O4. The molecular weight excluding hydrogens is 696 g/mol. The minimum atomic E-state index is 0.176. The Morgan fingerprint density at radius 2 is 1.18 bits per heavy atom. The lowest BCUT2D eigenvalue weighted by molar-refractivity contribution is 0.141. The van der Waals surface area contributed by atoms with E-state index in [-0.39, 0.29) is 23.7 Å². The number of fused-ring (bicyclic) bond motifs is 2. The second kappa shape index (κ2) is 16.3. The molecule has 0 aliphatic heterocycles. The van der Waals surface area contributed by atoms with Crippen LogP contribution < -0.4 is 20.9 Å². The van der Waals surface area contributed by atoms with E-state index in [0.717, 1.165) is 11.1 Å². The Hall–Kier alpha value is -5.88. The van der Waals surface area contributed by atoms with E-state index in [1.165, 1.54) is 0 Å². The van der Waals surface area contributed by atoms with Crippen molar-refractivity contribution in [2.45, 2.75) is 13.1 Å². The highest BCUT2D eigenvalue weighted by atomic mass is 79.9. The summed E-state index contributed by atoms with van der Waals surface area (Å²) in [6, 6.07) is 19.2. The number of ether oxygens (including phenoxy) is 4. The first-order valence-electron chi connectivity index (χ1n) is 14.7. The van der Waals surface area contributed by atoms with Gasteiger partial charge in [0, 0.05) is 14.2 Å². The highest BCUT2D eigenvalue weighted by Gasteiger charge is 2.17. The molecule has 250 valence electrons. The molecule has 0 aliphatic rings. The van der Waals surface area contributed by atoms with Crippen LogP contribution in [0, 0.1) is 22.7 Å². The molecule has 4 heterocycles. The van der Waals surface area contributed by atoms with E-state index in [1.54, 1.807) is 44.8 Å².